The molecule has 1 aromatic rings. The maximum atomic E-state index is 11.8. The third kappa shape index (κ3) is 5.24. The average molecular weight is 289 g/mol. The van der Waals surface area contributed by atoms with Gasteiger partial charge in [0.15, 0.2) is 0 Å². The van der Waals surface area contributed by atoms with Crippen molar-refractivity contribution in [2.75, 3.05) is 39.8 Å². The highest BCUT2D eigenvalue weighted by Crippen LogP contribution is 2.00. The Bertz CT molecular complexity index is 480. The van der Waals surface area contributed by atoms with Crippen LogP contribution in [0.15, 0.2) is 29.5 Å². The summed E-state index contributed by atoms with van der Waals surface area (Å²) in [6, 6.07) is 5.62. The molecule has 1 amide bonds. The Balaban J connectivity index is 1.72. The van der Waals surface area contributed by atoms with Crippen LogP contribution >= 0.6 is 0 Å². The van der Waals surface area contributed by atoms with Crippen molar-refractivity contribution in [3.8, 4) is 0 Å². The van der Waals surface area contributed by atoms with Crippen molar-refractivity contribution < 1.29 is 4.79 Å². The van der Waals surface area contributed by atoms with E-state index in [0.717, 1.165) is 38.4 Å². The van der Waals surface area contributed by atoms with Gasteiger partial charge in [0.25, 0.3) is 0 Å². The van der Waals surface area contributed by atoms with Gasteiger partial charge in [-0.25, -0.2) is 5.43 Å². The van der Waals surface area contributed by atoms with E-state index in [1.54, 1.807) is 6.20 Å². The normalized spacial score (nSPS) is 17.7. The first kappa shape index (κ1) is 15.6. The summed E-state index contributed by atoms with van der Waals surface area (Å²) in [4.78, 5) is 20.6. The number of pyridine rings is 1. The van der Waals surface area contributed by atoms with E-state index in [2.05, 4.69) is 32.4 Å². The summed E-state index contributed by atoms with van der Waals surface area (Å²) in [5.41, 5.74) is 4.09. The quantitative estimate of drug-likeness (QED) is 0.635. The highest BCUT2D eigenvalue weighted by atomic mass is 16.2. The highest BCUT2D eigenvalue weighted by Gasteiger charge is 2.14. The maximum absolute atomic E-state index is 11.8. The molecule has 0 radical (unpaired) electrons. The van der Waals surface area contributed by atoms with Crippen molar-refractivity contribution in [2.45, 2.75) is 13.3 Å². The summed E-state index contributed by atoms with van der Waals surface area (Å²) in [6.07, 6.45) is 2.19. The Hall–Kier alpha value is -1.79. The fourth-order valence-corrected chi connectivity index (χ4v) is 2.17. The van der Waals surface area contributed by atoms with Gasteiger partial charge in [-0.3, -0.25) is 9.78 Å². The van der Waals surface area contributed by atoms with Crippen molar-refractivity contribution in [1.29, 1.82) is 0 Å². The van der Waals surface area contributed by atoms with Crippen LogP contribution < -0.4 is 5.43 Å². The lowest BCUT2D eigenvalue weighted by molar-refractivity contribution is -0.121. The van der Waals surface area contributed by atoms with Gasteiger partial charge in [0.2, 0.25) is 5.91 Å². The number of nitrogens with zero attached hydrogens (tertiary/aromatic N) is 4. The van der Waals surface area contributed by atoms with Crippen LogP contribution in [0, 0.1) is 0 Å². The number of likely N-dealkylation sites (N-methyl/N-ethyl adjacent to an activating group) is 1. The van der Waals surface area contributed by atoms with Crippen molar-refractivity contribution in [3.63, 3.8) is 0 Å². The molecule has 1 aromatic heterocycles. The Kier molecular flexibility index (Phi) is 5.83. The second kappa shape index (κ2) is 7.85. The first-order chi connectivity index (χ1) is 10.1. The van der Waals surface area contributed by atoms with Crippen molar-refractivity contribution in [2.24, 2.45) is 5.10 Å². The van der Waals surface area contributed by atoms with Gasteiger partial charge in [0.05, 0.1) is 11.4 Å². The Labute approximate surface area is 125 Å². The van der Waals surface area contributed by atoms with Crippen molar-refractivity contribution in [3.05, 3.63) is 30.1 Å². The van der Waals surface area contributed by atoms with Gasteiger partial charge in [-0.2, -0.15) is 5.10 Å². The summed E-state index contributed by atoms with van der Waals surface area (Å²) in [5, 5.41) is 4.10. The molecule has 0 atom stereocenters. The zero-order chi connectivity index (χ0) is 15.1. The van der Waals surface area contributed by atoms with Crippen LogP contribution in [-0.4, -0.2) is 66.2 Å². The van der Waals surface area contributed by atoms with Crippen LogP contribution in [0.4, 0.5) is 0 Å². The molecule has 0 spiro atoms. The highest BCUT2D eigenvalue weighted by molar-refractivity contribution is 5.97. The summed E-state index contributed by atoms with van der Waals surface area (Å²) in [7, 11) is 2.12. The lowest BCUT2D eigenvalue weighted by Crippen LogP contribution is -2.45. The Morgan fingerprint density at radius 2 is 2.10 bits per heavy atom. The smallest absolute Gasteiger partial charge is 0.241 e. The van der Waals surface area contributed by atoms with E-state index in [4.69, 9.17) is 0 Å². The first-order valence-electron chi connectivity index (χ1n) is 7.30. The molecule has 1 aliphatic rings. The van der Waals surface area contributed by atoms with Crippen molar-refractivity contribution in [1.82, 2.24) is 20.2 Å². The molecule has 2 rings (SSSR count). The molecule has 114 valence electrons. The largest absolute Gasteiger partial charge is 0.304 e. The number of rotatable bonds is 5. The third-order valence-electron chi connectivity index (χ3n) is 3.63. The number of hydrogen-bond donors (Lipinski definition) is 1. The fraction of sp³-hybridized carbons (Fsp3) is 0.533. The van der Waals surface area contributed by atoms with E-state index < -0.39 is 0 Å². The SMILES string of the molecule is CC(=NNC(=O)CCN1CCN(C)CC1)c1ccccn1. The van der Waals surface area contributed by atoms with Gasteiger partial charge in [-0.15, -0.1) is 0 Å². The van der Waals surface area contributed by atoms with Crippen LogP contribution in [-0.2, 0) is 4.79 Å². The van der Waals surface area contributed by atoms with E-state index in [1.165, 1.54) is 0 Å². The minimum Gasteiger partial charge on any atom is -0.304 e. The van der Waals surface area contributed by atoms with Crippen molar-refractivity contribution >= 4 is 11.6 Å². The molecule has 2 heterocycles. The predicted molar refractivity (Wildman–Crippen MR) is 83.1 cm³/mol. The number of carbonyl (C=O) groups is 1. The monoisotopic (exact) mass is 289 g/mol. The number of nitrogens with one attached hydrogen (secondary N) is 1. The van der Waals surface area contributed by atoms with E-state index in [0.29, 0.717) is 12.1 Å². The molecule has 0 unspecified atom stereocenters. The molecule has 0 bridgehead atoms. The van der Waals surface area contributed by atoms with E-state index in [9.17, 15) is 4.79 Å². The topological polar surface area (TPSA) is 60.8 Å². The first-order valence-corrected chi connectivity index (χ1v) is 7.30. The molecule has 0 saturated carbocycles. The molecule has 6 heteroatoms. The molecule has 1 N–H and O–H groups in total. The molecule has 0 aliphatic carbocycles. The molecule has 0 aromatic carbocycles. The van der Waals surface area contributed by atoms with E-state index >= 15 is 0 Å². The Morgan fingerprint density at radius 3 is 2.76 bits per heavy atom. The van der Waals surface area contributed by atoms with Crippen LogP contribution in [0.2, 0.25) is 0 Å². The Morgan fingerprint density at radius 1 is 1.33 bits per heavy atom. The van der Waals surface area contributed by atoms with E-state index in [-0.39, 0.29) is 5.91 Å². The second-order valence-corrected chi connectivity index (χ2v) is 5.34. The lowest BCUT2D eigenvalue weighted by atomic mass is 10.3. The molecular weight excluding hydrogens is 266 g/mol. The summed E-state index contributed by atoms with van der Waals surface area (Å²) in [5.74, 6) is -0.0517. The number of amides is 1. The zero-order valence-electron chi connectivity index (χ0n) is 12.7. The molecule has 1 saturated heterocycles. The third-order valence-corrected chi connectivity index (χ3v) is 3.63. The van der Waals surface area contributed by atoms with Gasteiger partial charge >= 0.3 is 0 Å². The average Bonchev–Trinajstić information content (AvgIpc) is 2.53. The van der Waals surface area contributed by atoms with Crippen LogP contribution in [0.25, 0.3) is 0 Å². The number of aromatic nitrogens is 1. The zero-order valence-corrected chi connectivity index (χ0v) is 12.7. The van der Waals surface area contributed by atoms with Gasteiger partial charge < -0.3 is 9.80 Å². The molecule has 1 aliphatic heterocycles. The maximum Gasteiger partial charge on any atom is 0.241 e. The number of hydrazone groups is 1. The lowest BCUT2D eigenvalue weighted by Gasteiger charge is -2.32. The fourth-order valence-electron chi connectivity index (χ4n) is 2.17. The second-order valence-electron chi connectivity index (χ2n) is 5.34. The van der Waals surface area contributed by atoms with Crippen LogP contribution in [0.5, 0.6) is 0 Å². The minimum absolute atomic E-state index is 0.0517. The molecule has 6 nitrogen and oxygen atoms in total. The summed E-state index contributed by atoms with van der Waals surface area (Å²) >= 11 is 0. The molecule has 21 heavy (non-hydrogen) atoms. The summed E-state index contributed by atoms with van der Waals surface area (Å²) < 4.78 is 0. The minimum atomic E-state index is -0.0517. The van der Waals surface area contributed by atoms with Gasteiger partial charge in [0.1, 0.15) is 0 Å². The van der Waals surface area contributed by atoms with Gasteiger partial charge in [0, 0.05) is 45.3 Å². The standard InChI is InChI=1S/C15H23N5O/c1-13(14-5-3-4-7-16-14)17-18-15(21)6-8-20-11-9-19(2)10-12-20/h3-5,7H,6,8-12H2,1-2H3,(H,18,21). The van der Waals surface area contributed by atoms with E-state index in [1.807, 2.05) is 25.1 Å². The number of piperazine rings is 1. The van der Waals surface area contributed by atoms with Gasteiger partial charge in [-0.1, -0.05) is 6.07 Å². The van der Waals surface area contributed by atoms with Gasteiger partial charge in [-0.05, 0) is 26.1 Å². The molecule has 1 fully saturated rings. The summed E-state index contributed by atoms with van der Waals surface area (Å²) in [6.45, 7) is 6.82. The molecular formula is C15H23N5O. The number of carbonyl (C=O) groups excluding carboxylic acids is 1. The van der Waals surface area contributed by atoms with Crippen LogP contribution in [0.1, 0.15) is 19.0 Å². The van der Waals surface area contributed by atoms with Crippen LogP contribution in [0.3, 0.4) is 0 Å². The predicted octanol–water partition coefficient (Wildman–Crippen LogP) is 0.559. The number of hydrogen-bond acceptors (Lipinski definition) is 5.